The van der Waals surface area contributed by atoms with Gasteiger partial charge in [0, 0.05) is 37.2 Å². The number of carbonyl (C=O) groups is 1. The topological polar surface area (TPSA) is 131 Å². The Balaban J connectivity index is 1.55. The Labute approximate surface area is 241 Å². The van der Waals surface area contributed by atoms with Crippen LogP contribution in [-0.2, 0) is 16.6 Å². The molecule has 4 rings (SSSR count). The molecule has 0 saturated carbocycles. The summed E-state index contributed by atoms with van der Waals surface area (Å²) in [7, 11) is 1.86. The lowest BCUT2D eigenvalue weighted by Gasteiger charge is -2.40. The van der Waals surface area contributed by atoms with Gasteiger partial charge < -0.3 is 34.8 Å². The lowest BCUT2D eigenvalue weighted by Crippen LogP contribution is -2.63. The van der Waals surface area contributed by atoms with E-state index in [2.05, 4.69) is 60.5 Å². The molecule has 0 radical (unpaired) electrons. The number of aliphatic hydroxyl groups excluding tert-OH is 3. The van der Waals surface area contributed by atoms with E-state index in [0.717, 1.165) is 48.0 Å². The average Bonchev–Trinajstić information content (AvgIpc) is 3.34. The molecule has 0 aliphatic carbocycles. The van der Waals surface area contributed by atoms with Gasteiger partial charge in [0.2, 0.25) is 0 Å². The fraction of sp³-hybridized carbons (Fsp3) is 0.438. The highest BCUT2D eigenvalue weighted by molar-refractivity contribution is 6.02. The molecular weight excluding hydrogens is 520 g/mol. The number of carbonyl (C=O) groups excluding carboxylic acids is 1. The molecule has 41 heavy (non-hydrogen) atoms. The van der Waals surface area contributed by atoms with Gasteiger partial charge in [-0.15, -0.1) is 0 Å². The minimum absolute atomic E-state index is 0.209. The van der Waals surface area contributed by atoms with Crippen molar-refractivity contribution in [3.63, 3.8) is 0 Å². The number of aliphatic hydroxyl groups is 3. The first-order chi connectivity index (χ1) is 19.7. The minimum atomic E-state index is -1.52. The summed E-state index contributed by atoms with van der Waals surface area (Å²) in [5.74, 6) is -0.786. The number of nitrogens with zero attached hydrogens (tertiary/aromatic N) is 3. The Morgan fingerprint density at radius 3 is 2.37 bits per heavy atom. The SMILES string of the molecule is CCCN(CCC)c1ccc2cc(-c3ccc(/C=C(\C#N)C(=O)N[C@H]4C(O)O[C@H](CC)[C@@H](O)[C@@H]4O)n3C)ccc2c1. The highest BCUT2D eigenvalue weighted by Crippen LogP contribution is 2.29. The third kappa shape index (κ3) is 6.47. The number of nitrogens with one attached hydrogen (secondary N) is 1. The van der Waals surface area contributed by atoms with E-state index in [1.54, 1.807) is 6.92 Å². The zero-order valence-electron chi connectivity index (χ0n) is 24.1. The van der Waals surface area contributed by atoms with Crippen LogP contribution >= 0.6 is 0 Å². The van der Waals surface area contributed by atoms with E-state index in [0.29, 0.717) is 12.1 Å². The molecule has 5 atom stereocenters. The van der Waals surface area contributed by atoms with Crippen molar-refractivity contribution in [2.24, 2.45) is 7.05 Å². The Morgan fingerprint density at radius 2 is 1.71 bits per heavy atom. The number of aromatic nitrogens is 1. The van der Waals surface area contributed by atoms with E-state index in [1.165, 1.54) is 11.8 Å². The predicted octanol–water partition coefficient (Wildman–Crippen LogP) is 3.71. The number of anilines is 1. The van der Waals surface area contributed by atoms with Gasteiger partial charge in [-0.25, -0.2) is 0 Å². The smallest absolute Gasteiger partial charge is 0.262 e. The van der Waals surface area contributed by atoms with Gasteiger partial charge in [-0.05, 0) is 72.0 Å². The molecule has 3 aromatic rings. The van der Waals surface area contributed by atoms with Crippen molar-refractivity contribution < 1.29 is 24.9 Å². The van der Waals surface area contributed by atoms with Crippen molar-refractivity contribution in [1.29, 1.82) is 5.26 Å². The fourth-order valence-electron chi connectivity index (χ4n) is 5.43. The first-order valence-corrected chi connectivity index (χ1v) is 14.3. The average molecular weight is 561 g/mol. The number of ether oxygens (including phenoxy) is 1. The number of benzene rings is 2. The van der Waals surface area contributed by atoms with E-state index in [9.17, 15) is 25.4 Å². The maximum Gasteiger partial charge on any atom is 0.262 e. The molecule has 2 heterocycles. The Kier molecular flexibility index (Phi) is 9.84. The standard InChI is InChI=1S/C32H40N4O5/c1-5-14-36(15-6-2)25-11-10-20-16-22(9-8-21(20)17-25)26-13-12-24(35(26)4)18-23(19-33)31(39)34-28-30(38)29(37)27(7-3)41-32(28)40/h8-13,16-18,27-30,32,37-38,40H,5-7,14-15H2,1-4H3,(H,34,39)/b23-18+/t27-,28-,29-,30-,32?/m1/s1. The molecule has 4 N–H and O–H groups in total. The van der Waals surface area contributed by atoms with Gasteiger partial charge in [0.1, 0.15) is 29.9 Å². The van der Waals surface area contributed by atoms with Gasteiger partial charge in [-0.1, -0.05) is 39.0 Å². The molecule has 1 saturated heterocycles. The predicted molar refractivity (Wildman–Crippen MR) is 160 cm³/mol. The summed E-state index contributed by atoms with van der Waals surface area (Å²) >= 11 is 0. The molecule has 1 aliphatic rings. The van der Waals surface area contributed by atoms with E-state index in [-0.39, 0.29) is 5.57 Å². The van der Waals surface area contributed by atoms with Crippen molar-refractivity contribution >= 4 is 28.4 Å². The highest BCUT2D eigenvalue weighted by atomic mass is 16.6. The van der Waals surface area contributed by atoms with Crippen LogP contribution in [0.2, 0.25) is 0 Å². The molecule has 0 spiro atoms. The Bertz CT molecular complexity index is 1440. The summed E-state index contributed by atoms with van der Waals surface area (Å²) in [6.07, 6.45) is -0.974. The number of amides is 1. The summed E-state index contributed by atoms with van der Waals surface area (Å²) in [6.45, 7) is 8.18. The van der Waals surface area contributed by atoms with Gasteiger partial charge in [0.25, 0.3) is 5.91 Å². The van der Waals surface area contributed by atoms with E-state index in [1.807, 2.05) is 29.8 Å². The maximum absolute atomic E-state index is 12.9. The molecule has 2 aromatic carbocycles. The van der Waals surface area contributed by atoms with Gasteiger partial charge in [0.15, 0.2) is 6.29 Å². The van der Waals surface area contributed by atoms with Crippen molar-refractivity contribution in [2.45, 2.75) is 70.7 Å². The van der Waals surface area contributed by atoms with Crippen LogP contribution in [0.4, 0.5) is 5.69 Å². The molecule has 1 aromatic heterocycles. The molecule has 1 amide bonds. The number of hydrogen-bond acceptors (Lipinski definition) is 7. The summed E-state index contributed by atoms with van der Waals surface area (Å²) in [6, 6.07) is 17.2. The van der Waals surface area contributed by atoms with Crippen molar-refractivity contribution in [1.82, 2.24) is 9.88 Å². The third-order valence-electron chi connectivity index (χ3n) is 7.71. The number of hydrogen-bond donors (Lipinski definition) is 4. The Morgan fingerprint density at radius 1 is 1.02 bits per heavy atom. The van der Waals surface area contributed by atoms with Gasteiger partial charge >= 0.3 is 0 Å². The molecular formula is C32H40N4O5. The van der Waals surface area contributed by atoms with Crippen LogP contribution in [0.25, 0.3) is 28.1 Å². The number of nitriles is 1. The normalized spacial score (nSPS) is 22.9. The largest absolute Gasteiger partial charge is 0.388 e. The lowest BCUT2D eigenvalue weighted by molar-refractivity contribution is -0.247. The quantitative estimate of drug-likeness (QED) is 0.220. The monoisotopic (exact) mass is 560 g/mol. The first kappa shape index (κ1) is 30.3. The maximum atomic E-state index is 12.9. The summed E-state index contributed by atoms with van der Waals surface area (Å²) in [5.41, 5.74) is 3.56. The lowest BCUT2D eigenvalue weighted by atomic mass is 9.95. The molecule has 1 fully saturated rings. The van der Waals surface area contributed by atoms with E-state index >= 15 is 0 Å². The van der Waals surface area contributed by atoms with Crippen LogP contribution in [0, 0.1) is 11.3 Å². The summed E-state index contributed by atoms with van der Waals surface area (Å²) in [4.78, 5) is 15.3. The van der Waals surface area contributed by atoms with Gasteiger partial charge in [-0.3, -0.25) is 4.79 Å². The van der Waals surface area contributed by atoms with Crippen molar-refractivity contribution in [3.05, 3.63) is 59.8 Å². The zero-order valence-corrected chi connectivity index (χ0v) is 24.1. The molecule has 9 heteroatoms. The second-order valence-electron chi connectivity index (χ2n) is 10.6. The third-order valence-corrected chi connectivity index (χ3v) is 7.71. The van der Waals surface area contributed by atoms with E-state index in [4.69, 9.17) is 4.74 Å². The van der Waals surface area contributed by atoms with Crippen molar-refractivity contribution in [3.8, 4) is 17.3 Å². The van der Waals surface area contributed by atoms with Crippen LogP contribution in [0.15, 0.2) is 54.1 Å². The highest BCUT2D eigenvalue weighted by Gasteiger charge is 2.44. The van der Waals surface area contributed by atoms with Crippen LogP contribution in [0.5, 0.6) is 0 Å². The van der Waals surface area contributed by atoms with Gasteiger partial charge in [0.05, 0.1) is 6.10 Å². The molecule has 1 unspecified atom stereocenters. The summed E-state index contributed by atoms with van der Waals surface area (Å²) < 4.78 is 7.22. The van der Waals surface area contributed by atoms with Crippen LogP contribution < -0.4 is 10.2 Å². The van der Waals surface area contributed by atoms with E-state index < -0.39 is 36.6 Å². The molecule has 0 bridgehead atoms. The van der Waals surface area contributed by atoms with Gasteiger partial charge in [-0.2, -0.15) is 5.26 Å². The second kappa shape index (κ2) is 13.3. The molecule has 9 nitrogen and oxygen atoms in total. The fourth-order valence-corrected chi connectivity index (χ4v) is 5.43. The second-order valence-corrected chi connectivity index (χ2v) is 10.6. The van der Waals surface area contributed by atoms with Crippen molar-refractivity contribution in [2.75, 3.05) is 18.0 Å². The Hall–Kier alpha value is -3.68. The zero-order chi connectivity index (χ0) is 29.7. The number of rotatable bonds is 10. The van der Waals surface area contributed by atoms with Crippen LogP contribution in [0.3, 0.4) is 0 Å². The van der Waals surface area contributed by atoms with Crippen LogP contribution in [-0.4, -0.2) is 69.5 Å². The first-order valence-electron chi connectivity index (χ1n) is 14.3. The molecule has 1 aliphatic heterocycles. The molecule has 218 valence electrons. The minimum Gasteiger partial charge on any atom is -0.388 e. The van der Waals surface area contributed by atoms with Crippen LogP contribution in [0.1, 0.15) is 45.7 Å². The number of fused-ring (bicyclic) bond motifs is 1. The summed E-state index contributed by atoms with van der Waals surface area (Å²) in [5, 5.41) is 45.4.